The van der Waals surface area contributed by atoms with Gasteiger partial charge in [-0.25, -0.2) is 0 Å². The summed E-state index contributed by atoms with van der Waals surface area (Å²) in [5.41, 5.74) is 0.471. The van der Waals surface area contributed by atoms with Crippen LogP contribution in [0.3, 0.4) is 0 Å². The minimum Gasteiger partial charge on any atom is -0.378 e. The molecule has 0 aliphatic heterocycles. The van der Waals surface area contributed by atoms with Gasteiger partial charge in [0.05, 0.1) is 5.56 Å². The summed E-state index contributed by atoms with van der Waals surface area (Å²) in [6.07, 6.45) is 0. The summed E-state index contributed by atoms with van der Waals surface area (Å²) >= 11 is 11.8. The van der Waals surface area contributed by atoms with Gasteiger partial charge in [-0.3, -0.25) is 4.79 Å². The Kier molecular flexibility index (Phi) is 5.70. The summed E-state index contributed by atoms with van der Waals surface area (Å²) in [4.78, 5) is 12.6. The molecule has 138 valence electrons. The summed E-state index contributed by atoms with van der Waals surface area (Å²) < 4.78 is 30.1. The van der Waals surface area contributed by atoms with E-state index >= 15 is 0 Å². The van der Waals surface area contributed by atoms with E-state index in [-0.39, 0.29) is 21.2 Å². The second-order valence-corrected chi connectivity index (χ2v) is 7.87. The van der Waals surface area contributed by atoms with Crippen LogP contribution in [0.1, 0.15) is 10.4 Å². The van der Waals surface area contributed by atoms with E-state index in [1.165, 1.54) is 30.3 Å². The van der Waals surface area contributed by atoms with Crippen LogP contribution in [-0.2, 0) is 10.1 Å². The van der Waals surface area contributed by atoms with Crippen molar-refractivity contribution in [3.63, 3.8) is 0 Å². The zero-order chi connectivity index (χ0) is 19.4. The number of benzene rings is 3. The van der Waals surface area contributed by atoms with E-state index in [2.05, 4.69) is 5.32 Å². The van der Waals surface area contributed by atoms with E-state index in [1.54, 1.807) is 42.5 Å². The van der Waals surface area contributed by atoms with Crippen LogP contribution in [0.4, 0.5) is 5.69 Å². The molecule has 0 aliphatic rings. The Balaban J connectivity index is 1.91. The predicted octanol–water partition coefficient (Wildman–Crippen LogP) is 5.01. The SMILES string of the molecule is O=C(Nc1ccc(Cl)cc1)c1cc(Cl)ccc1OS(=O)(=O)c1ccccc1. The Morgan fingerprint density at radius 2 is 1.48 bits per heavy atom. The quantitative estimate of drug-likeness (QED) is 0.587. The summed E-state index contributed by atoms with van der Waals surface area (Å²) in [5.74, 6) is -0.701. The molecule has 0 heterocycles. The third-order valence-corrected chi connectivity index (χ3v) is 5.26. The summed E-state index contributed by atoms with van der Waals surface area (Å²) in [7, 11) is -4.10. The first kappa shape index (κ1) is 19.2. The van der Waals surface area contributed by atoms with Gasteiger partial charge in [-0.2, -0.15) is 8.42 Å². The number of halogens is 2. The molecule has 0 aliphatic carbocycles. The molecule has 0 radical (unpaired) electrons. The van der Waals surface area contributed by atoms with Gasteiger partial charge in [0.25, 0.3) is 5.91 Å². The Morgan fingerprint density at radius 1 is 0.852 bits per heavy atom. The fourth-order valence-electron chi connectivity index (χ4n) is 2.24. The molecule has 1 N–H and O–H groups in total. The molecule has 5 nitrogen and oxygen atoms in total. The number of carbonyl (C=O) groups is 1. The molecule has 0 bridgehead atoms. The number of anilines is 1. The van der Waals surface area contributed by atoms with E-state index in [4.69, 9.17) is 27.4 Å². The van der Waals surface area contributed by atoms with Crippen LogP contribution in [0.25, 0.3) is 0 Å². The summed E-state index contributed by atoms with van der Waals surface area (Å²) in [6.45, 7) is 0. The zero-order valence-electron chi connectivity index (χ0n) is 13.7. The molecule has 3 aromatic carbocycles. The van der Waals surface area contributed by atoms with Gasteiger partial charge in [0.2, 0.25) is 0 Å². The predicted molar refractivity (Wildman–Crippen MR) is 105 cm³/mol. The second-order valence-electron chi connectivity index (χ2n) is 5.45. The van der Waals surface area contributed by atoms with E-state index < -0.39 is 16.0 Å². The van der Waals surface area contributed by atoms with Crippen LogP contribution >= 0.6 is 23.2 Å². The van der Waals surface area contributed by atoms with E-state index in [9.17, 15) is 13.2 Å². The smallest absolute Gasteiger partial charge is 0.339 e. The average Bonchev–Trinajstić information content (AvgIpc) is 2.65. The maximum atomic E-state index is 12.6. The van der Waals surface area contributed by atoms with Crippen LogP contribution in [0, 0.1) is 0 Å². The minimum atomic E-state index is -4.10. The van der Waals surface area contributed by atoms with Crippen molar-refractivity contribution in [1.29, 1.82) is 0 Å². The van der Waals surface area contributed by atoms with Crippen LogP contribution in [0.15, 0.2) is 77.7 Å². The number of rotatable bonds is 5. The van der Waals surface area contributed by atoms with E-state index in [1.807, 2.05) is 0 Å². The number of hydrogen-bond donors (Lipinski definition) is 1. The highest BCUT2D eigenvalue weighted by Gasteiger charge is 2.21. The fraction of sp³-hybridized carbons (Fsp3) is 0. The van der Waals surface area contributed by atoms with Gasteiger partial charge in [-0.15, -0.1) is 0 Å². The zero-order valence-corrected chi connectivity index (χ0v) is 16.1. The molecule has 0 aromatic heterocycles. The third-order valence-electron chi connectivity index (χ3n) is 3.52. The van der Waals surface area contributed by atoms with Crippen molar-refractivity contribution in [2.45, 2.75) is 4.90 Å². The number of amides is 1. The maximum Gasteiger partial charge on any atom is 0.339 e. The van der Waals surface area contributed by atoms with Crippen molar-refractivity contribution >= 4 is 44.9 Å². The molecule has 0 fully saturated rings. The molecule has 0 atom stereocenters. The topological polar surface area (TPSA) is 72.5 Å². The Morgan fingerprint density at radius 3 is 2.15 bits per heavy atom. The molecule has 0 unspecified atom stereocenters. The van der Waals surface area contributed by atoms with Gasteiger partial charge in [0, 0.05) is 15.7 Å². The third kappa shape index (κ3) is 4.80. The van der Waals surface area contributed by atoms with Gasteiger partial charge in [0.1, 0.15) is 4.90 Å². The lowest BCUT2D eigenvalue weighted by Gasteiger charge is -2.12. The van der Waals surface area contributed by atoms with Crippen molar-refractivity contribution < 1.29 is 17.4 Å². The van der Waals surface area contributed by atoms with Crippen molar-refractivity contribution in [3.05, 3.63) is 88.4 Å². The van der Waals surface area contributed by atoms with Gasteiger partial charge >= 0.3 is 10.1 Å². The van der Waals surface area contributed by atoms with Gasteiger partial charge in [0.15, 0.2) is 5.75 Å². The summed E-state index contributed by atoms with van der Waals surface area (Å²) in [6, 6.07) is 18.2. The molecule has 27 heavy (non-hydrogen) atoms. The standard InChI is InChI=1S/C19H13Cl2NO4S/c20-13-6-9-15(10-7-13)22-19(23)17-12-14(21)8-11-18(17)26-27(24,25)16-4-2-1-3-5-16/h1-12H,(H,22,23). The first-order valence-corrected chi connectivity index (χ1v) is 9.87. The Bertz CT molecular complexity index is 1070. The van der Waals surface area contributed by atoms with Gasteiger partial charge in [-0.1, -0.05) is 41.4 Å². The first-order chi connectivity index (χ1) is 12.8. The molecule has 3 aromatic rings. The molecular weight excluding hydrogens is 409 g/mol. The Hall–Kier alpha value is -2.54. The normalized spacial score (nSPS) is 11.0. The van der Waals surface area contributed by atoms with E-state index in [0.717, 1.165) is 0 Å². The summed E-state index contributed by atoms with van der Waals surface area (Å²) in [5, 5.41) is 3.43. The lowest BCUT2D eigenvalue weighted by Crippen LogP contribution is -2.16. The van der Waals surface area contributed by atoms with Crippen LogP contribution in [-0.4, -0.2) is 14.3 Å². The number of nitrogens with one attached hydrogen (secondary N) is 1. The largest absolute Gasteiger partial charge is 0.378 e. The second kappa shape index (κ2) is 8.00. The van der Waals surface area contributed by atoms with E-state index in [0.29, 0.717) is 10.7 Å². The minimum absolute atomic E-state index is 0.0167. The Labute approximate surface area is 166 Å². The molecule has 0 saturated heterocycles. The molecule has 0 saturated carbocycles. The van der Waals surface area contributed by atoms with Gasteiger partial charge < -0.3 is 9.50 Å². The molecule has 1 amide bonds. The van der Waals surface area contributed by atoms with Crippen LogP contribution in [0.2, 0.25) is 10.0 Å². The fourth-order valence-corrected chi connectivity index (χ4v) is 3.50. The highest BCUT2D eigenvalue weighted by molar-refractivity contribution is 7.87. The van der Waals surface area contributed by atoms with Crippen LogP contribution < -0.4 is 9.50 Å². The lowest BCUT2D eigenvalue weighted by atomic mass is 10.2. The molecule has 0 spiro atoms. The average molecular weight is 422 g/mol. The van der Waals surface area contributed by atoms with Crippen LogP contribution in [0.5, 0.6) is 5.75 Å². The molecule has 8 heteroatoms. The number of carbonyl (C=O) groups excluding carboxylic acids is 1. The maximum absolute atomic E-state index is 12.6. The monoisotopic (exact) mass is 421 g/mol. The highest BCUT2D eigenvalue weighted by Crippen LogP contribution is 2.27. The van der Waals surface area contributed by atoms with Crippen molar-refractivity contribution in [3.8, 4) is 5.75 Å². The first-order valence-electron chi connectivity index (χ1n) is 7.71. The lowest BCUT2D eigenvalue weighted by molar-refractivity contribution is 0.102. The van der Waals surface area contributed by atoms with Gasteiger partial charge in [-0.05, 0) is 54.6 Å². The van der Waals surface area contributed by atoms with Crippen molar-refractivity contribution in [1.82, 2.24) is 0 Å². The number of hydrogen-bond acceptors (Lipinski definition) is 4. The molecule has 3 rings (SSSR count). The van der Waals surface area contributed by atoms with Crippen molar-refractivity contribution in [2.24, 2.45) is 0 Å². The highest BCUT2D eigenvalue weighted by atomic mass is 35.5. The van der Waals surface area contributed by atoms with Crippen molar-refractivity contribution in [2.75, 3.05) is 5.32 Å². The molecular formula is C19H13Cl2NO4S.